The van der Waals surface area contributed by atoms with Crippen molar-refractivity contribution in [1.29, 1.82) is 0 Å². The van der Waals surface area contributed by atoms with E-state index in [0.29, 0.717) is 6.42 Å². The molecule has 0 spiro atoms. The van der Waals surface area contributed by atoms with Crippen LogP contribution >= 0.6 is 0 Å². The summed E-state index contributed by atoms with van der Waals surface area (Å²) in [5.74, 6) is 0.198. The molecule has 3 nitrogen and oxygen atoms in total. The Kier molecular flexibility index (Phi) is 7.25. The van der Waals surface area contributed by atoms with Crippen molar-refractivity contribution in [2.24, 2.45) is 5.73 Å². The fourth-order valence-electron chi connectivity index (χ4n) is 2.51. The van der Waals surface area contributed by atoms with Gasteiger partial charge in [-0.15, -0.1) is 0 Å². The van der Waals surface area contributed by atoms with Crippen LogP contribution in [0.25, 0.3) is 0 Å². The lowest BCUT2D eigenvalue weighted by Gasteiger charge is -2.29. The molecular formula is C14H28N2O. The van der Waals surface area contributed by atoms with Gasteiger partial charge in [-0.2, -0.15) is 0 Å². The molecule has 100 valence electrons. The zero-order chi connectivity index (χ0) is 12.5. The summed E-state index contributed by atoms with van der Waals surface area (Å²) < 4.78 is 0. The maximum atomic E-state index is 11.7. The fourth-order valence-corrected chi connectivity index (χ4v) is 2.51. The van der Waals surface area contributed by atoms with E-state index in [1.165, 1.54) is 38.5 Å². The van der Waals surface area contributed by atoms with Crippen LogP contribution in [0.4, 0.5) is 0 Å². The molecule has 3 heteroatoms. The van der Waals surface area contributed by atoms with Crippen LogP contribution in [-0.4, -0.2) is 18.0 Å². The van der Waals surface area contributed by atoms with Gasteiger partial charge in [-0.05, 0) is 19.3 Å². The van der Waals surface area contributed by atoms with Crippen molar-refractivity contribution in [2.75, 3.05) is 0 Å². The Morgan fingerprint density at radius 3 is 2.59 bits per heavy atom. The summed E-state index contributed by atoms with van der Waals surface area (Å²) >= 11 is 0. The van der Waals surface area contributed by atoms with Gasteiger partial charge in [0, 0.05) is 18.5 Å². The SMILES string of the molecule is CCCCCCCC(=O)NC1CCCCC1N. The van der Waals surface area contributed by atoms with Gasteiger partial charge in [-0.3, -0.25) is 4.79 Å². The first-order valence-corrected chi connectivity index (χ1v) is 7.29. The molecule has 17 heavy (non-hydrogen) atoms. The Morgan fingerprint density at radius 2 is 1.88 bits per heavy atom. The average Bonchev–Trinajstić information content (AvgIpc) is 2.32. The van der Waals surface area contributed by atoms with Crippen molar-refractivity contribution < 1.29 is 4.79 Å². The van der Waals surface area contributed by atoms with Crippen LogP contribution in [0, 0.1) is 0 Å². The van der Waals surface area contributed by atoms with Gasteiger partial charge in [0.15, 0.2) is 0 Å². The quantitative estimate of drug-likeness (QED) is 0.672. The highest BCUT2D eigenvalue weighted by molar-refractivity contribution is 5.76. The summed E-state index contributed by atoms with van der Waals surface area (Å²) in [7, 11) is 0. The van der Waals surface area contributed by atoms with Crippen LogP contribution in [0.5, 0.6) is 0 Å². The number of hydrogen-bond acceptors (Lipinski definition) is 2. The summed E-state index contributed by atoms with van der Waals surface area (Å²) in [6.45, 7) is 2.21. The van der Waals surface area contributed by atoms with Gasteiger partial charge in [0.2, 0.25) is 5.91 Å². The molecule has 1 aliphatic carbocycles. The smallest absolute Gasteiger partial charge is 0.220 e. The zero-order valence-corrected chi connectivity index (χ0v) is 11.2. The highest BCUT2D eigenvalue weighted by Crippen LogP contribution is 2.17. The van der Waals surface area contributed by atoms with Crippen LogP contribution in [-0.2, 0) is 4.79 Å². The zero-order valence-electron chi connectivity index (χ0n) is 11.2. The maximum absolute atomic E-state index is 11.7. The Balaban J connectivity index is 2.07. The third kappa shape index (κ3) is 6.06. The Morgan fingerprint density at radius 1 is 1.18 bits per heavy atom. The predicted molar refractivity (Wildman–Crippen MR) is 71.8 cm³/mol. The second kappa shape index (κ2) is 8.51. The largest absolute Gasteiger partial charge is 0.352 e. The van der Waals surface area contributed by atoms with Crippen LogP contribution in [0.2, 0.25) is 0 Å². The molecule has 2 atom stereocenters. The van der Waals surface area contributed by atoms with E-state index >= 15 is 0 Å². The molecule has 0 aromatic carbocycles. The fraction of sp³-hybridized carbons (Fsp3) is 0.929. The van der Waals surface area contributed by atoms with Gasteiger partial charge < -0.3 is 11.1 Å². The molecule has 1 aliphatic rings. The number of rotatable bonds is 7. The molecule has 0 aromatic heterocycles. The predicted octanol–water partition coefficient (Wildman–Crippen LogP) is 2.73. The van der Waals surface area contributed by atoms with Gasteiger partial charge in [-0.25, -0.2) is 0 Å². The molecule has 2 unspecified atom stereocenters. The average molecular weight is 240 g/mol. The van der Waals surface area contributed by atoms with Crippen molar-refractivity contribution in [3.8, 4) is 0 Å². The topological polar surface area (TPSA) is 55.1 Å². The molecule has 0 aliphatic heterocycles. The van der Waals surface area contributed by atoms with E-state index in [0.717, 1.165) is 19.3 Å². The van der Waals surface area contributed by atoms with Crippen LogP contribution < -0.4 is 11.1 Å². The normalized spacial score (nSPS) is 24.6. The second-order valence-electron chi connectivity index (χ2n) is 5.29. The van der Waals surface area contributed by atoms with Crippen molar-refractivity contribution in [3.05, 3.63) is 0 Å². The number of nitrogens with two attached hydrogens (primary N) is 1. The summed E-state index contributed by atoms with van der Waals surface area (Å²) in [4.78, 5) is 11.7. The molecule has 3 N–H and O–H groups in total. The lowest BCUT2D eigenvalue weighted by atomic mass is 9.91. The minimum atomic E-state index is 0.174. The molecule has 1 fully saturated rings. The molecule has 1 saturated carbocycles. The summed E-state index contributed by atoms with van der Waals surface area (Å²) in [5.41, 5.74) is 6.01. The molecule has 0 aromatic rings. The summed E-state index contributed by atoms with van der Waals surface area (Å²) in [6.07, 6.45) is 11.2. The second-order valence-corrected chi connectivity index (χ2v) is 5.29. The van der Waals surface area contributed by atoms with E-state index in [9.17, 15) is 4.79 Å². The molecular weight excluding hydrogens is 212 g/mol. The highest BCUT2D eigenvalue weighted by atomic mass is 16.1. The van der Waals surface area contributed by atoms with Crippen molar-refractivity contribution >= 4 is 5.91 Å². The van der Waals surface area contributed by atoms with Crippen LogP contribution in [0.15, 0.2) is 0 Å². The Bertz CT molecular complexity index is 218. The van der Waals surface area contributed by atoms with Crippen molar-refractivity contribution in [2.45, 2.75) is 83.2 Å². The minimum Gasteiger partial charge on any atom is -0.352 e. The molecule has 0 saturated heterocycles. The molecule has 1 amide bonds. The first-order valence-electron chi connectivity index (χ1n) is 7.29. The number of nitrogens with one attached hydrogen (secondary N) is 1. The van der Waals surface area contributed by atoms with Crippen molar-refractivity contribution in [1.82, 2.24) is 5.32 Å². The van der Waals surface area contributed by atoms with Gasteiger partial charge >= 0.3 is 0 Å². The Labute approximate surface area is 106 Å². The summed E-state index contributed by atoms with van der Waals surface area (Å²) in [6, 6.07) is 0.402. The van der Waals surface area contributed by atoms with Crippen LogP contribution in [0.1, 0.15) is 71.1 Å². The standard InChI is InChI=1S/C14H28N2O/c1-2-3-4-5-6-11-14(17)16-13-10-8-7-9-12(13)15/h12-13H,2-11,15H2,1H3,(H,16,17). The number of unbranched alkanes of at least 4 members (excludes halogenated alkanes) is 4. The summed E-state index contributed by atoms with van der Waals surface area (Å²) in [5, 5.41) is 3.10. The minimum absolute atomic E-state index is 0.174. The van der Waals surface area contributed by atoms with Gasteiger partial charge in [0.1, 0.15) is 0 Å². The first-order chi connectivity index (χ1) is 8.24. The van der Waals surface area contributed by atoms with Gasteiger partial charge in [-0.1, -0.05) is 45.4 Å². The number of carbonyl (C=O) groups is 1. The third-order valence-electron chi connectivity index (χ3n) is 3.67. The van der Waals surface area contributed by atoms with Gasteiger partial charge in [0.05, 0.1) is 0 Å². The molecule has 0 heterocycles. The first kappa shape index (κ1) is 14.5. The van der Waals surface area contributed by atoms with E-state index in [4.69, 9.17) is 5.73 Å². The monoisotopic (exact) mass is 240 g/mol. The number of hydrogen-bond donors (Lipinski definition) is 2. The number of amides is 1. The lowest BCUT2D eigenvalue weighted by Crippen LogP contribution is -2.49. The van der Waals surface area contributed by atoms with E-state index in [1.807, 2.05) is 0 Å². The molecule has 1 rings (SSSR count). The van der Waals surface area contributed by atoms with Gasteiger partial charge in [0.25, 0.3) is 0 Å². The van der Waals surface area contributed by atoms with E-state index in [2.05, 4.69) is 12.2 Å². The maximum Gasteiger partial charge on any atom is 0.220 e. The van der Waals surface area contributed by atoms with Crippen LogP contribution in [0.3, 0.4) is 0 Å². The third-order valence-corrected chi connectivity index (χ3v) is 3.67. The van der Waals surface area contributed by atoms with Crippen molar-refractivity contribution in [3.63, 3.8) is 0 Å². The molecule has 0 bridgehead atoms. The lowest BCUT2D eigenvalue weighted by molar-refractivity contribution is -0.122. The van der Waals surface area contributed by atoms with E-state index in [-0.39, 0.29) is 18.0 Å². The van der Waals surface area contributed by atoms with E-state index < -0.39 is 0 Å². The molecule has 0 radical (unpaired) electrons. The van der Waals surface area contributed by atoms with E-state index in [1.54, 1.807) is 0 Å². The Hall–Kier alpha value is -0.570. The number of carbonyl (C=O) groups excluding carboxylic acids is 1. The highest BCUT2D eigenvalue weighted by Gasteiger charge is 2.22.